The number of carbonyl (C=O) groups is 1. The molecule has 1 aliphatic heterocycles. The van der Waals surface area contributed by atoms with Gasteiger partial charge in [0.2, 0.25) is 5.91 Å². The number of rotatable bonds is 6. The fourth-order valence-corrected chi connectivity index (χ4v) is 3.35. The van der Waals surface area contributed by atoms with Crippen molar-refractivity contribution in [1.29, 1.82) is 0 Å². The summed E-state index contributed by atoms with van der Waals surface area (Å²) >= 11 is 7.65. The lowest BCUT2D eigenvalue weighted by atomic mass is 10.1. The van der Waals surface area contributed by atoms with Crippen LogP contribution in [-0.4, -0.2) is 44.1 Å². The summed E-state index contributed by atoms with van der Waals surface area (Å²) in [7, 11) is 1.64. The van der Waals surface area contributed by atoms with Gasteiger partial charge >= 0.3 is 0 Å². The number of thioether (sulfide) groups is 1. The largest absolute Gasteiger partial charge is 0.379 e. The Labute approximate surface area is 134 Å². The van der Waals surface area contributed by atoms with E-state index in [0.717, 1.165) is 22.8 Å². The molecule has 0 aliphatic carbocycles. The Bertz CT molecular complexity index is 472. The molecule has 1 heterocycles. The molecular formula is C15H20ClNO3S. The molecule has 21 heavy (non-hydrogen) atoms. The molecule has 0 unspecified atom stereocenters. The van der Waals surface area contributed by atoms with Gasteiger partial charge in [0.15, 0.2) is 0 Å². The lowest BCUT2D eigenvalue weighted by Crippen LogP contribution is -2.50. The molecule has 4 nitrogen and oxygen atoms in total. The van der Waals surface area contributed by atoms with Crippen molar-refractivity contribution in [1.82, 2.24) is 5.32 Å². The molecule has 1 aromatic rings. The van der Waals surface area contributed by atoms with Gasteiger partial charge in [-0.15, -0.1) is 11.8 Å². The smallest absolute Gasteiger partial charge is 0.230 e. The highest BCUT2D eigenvalue weighted by Gasteiger charge is 2.26. The third kappa shape index (κ3) is 5.18. The first-order valence-electron chi connectivity index (χ1n) is 6.91. The maximum atomic E-state index is 12.0. The zero-order chi connectivity index (χ0) is 15.1. The van der Waals surface area contributed by atoms with Gasteiger partial charge in [0.05, 0.1) is 18.4 Å². The van der Waals surface area contributed by atoms with Crippen LogP contribution in [0.1, 0.15) is 12.0 Å². The van der Waals surface area contributed by atoms with Crippen LogP contribution in [0, 0.1) is 0 Å². The van der Waals surface area contributed by atoms with E-state index >= 15 is 0 Å². The van der Waals surface area contributed by atoms with Crippen molar-refractivity contribution in [2.45, 2.75) is 24.3 Å². The topological polar surface area (TPSA) is 47.6 Å². The summed E-state index contributed by atoms with van der Waals surface area (Å²) in [6, 6.07) is 7.74. The molecule has 116 valence electrons. The third-order valence-corrected chi connectivity index (χ3v) is 4.75. The van der Waals surface area contributed by atoms with Gasteiger partial charge in [-0.05, 0) is 18.1 Å². The predicted octanol–water partition coefficient (Wildman–Crippen LogP) is 2.49. The van der Waals surface area contributed by atoms with Crippen molar-refractivity contribution >= 4 is 29.3 Å². The first kappa shape index (κ1) is 16.6. The quantitative estimate of drug-likeness (QED) is 0.871. The van der Waals surface area contributed by atoms with Crippen molar-refractivity contribution in [2.75, 3.05) is 26.1 Å². The second-order valence-corrected chi connectivity index (χ2v) is 6.29. The molecule has 0 saturated carbocycles. The van der Waals surface area contributed by atoms with Crippen LogP contribution in [0.15, 0.2) is 24.3 Å². The Hall–Kier alpha value is -0.750. The van der Waals surface area contributed by atoms with Crippen molar-refractivity contribution in [2.24, 2.45) is 0 Å². The number of hydrogen-bond acceptors (Lipinski definition) is 4. The van der Waals surface area contributed by atoms with Crippen LogP contribution in [0.2, 0.25) is 5.02 Å². The number of hydrogen-bond donors (Lipinski definition) is 1. The Kier molecular flexibility index (Phi) is 6.83. The number of benzene rings is 1. The zero-order valence-electron chi connectivity index (χ0n) is 12.0. The average Bonchev–Trinajstić information content (AvgIpc) is 2.50. The van der Waals surface area contributed by atoms with E-state index in [0.29, 0.717) is 19.0 Å². The fraction of sp³-hybridized carbons (Fsp3) is 0.533. The Morgan fingerprint density at radius 3 is 3.10 bits per heavy atom. The highest BCUT2D eigenvalue weighted by Crippen LogP contribution is 2.20. The molecule has 0 radical (unpaired) electrons. The molecule has 1 fully saturated rings. The minimum absolute atomic E-state index is 0.0287. The molecule has 1 amide bonds. The van der Waals surface area contributed by atoms with Gasteiger partial charge in [-0.1, -0.05) is 29.8 Å². The molecule has 2 rings (SSSR count). The summed E-state index contributed by atoms with van der Waals surface area (Å²) in [5.41, 5.74) is 1.05. The van der Waals surface area contributed by atoms with Gasteiger partial charge in [-0.2, -0.15) is 0 Å². The molecule has 1 saturated heterocycles. The molecule has 2 atom stereocenters. The Balaban J connectivity index is 1.73. The van der Waals surface area contributed by atoms with E-state index in [1.165, 1.54) is 0 Å². The normalized spacial score (nSPS) is 22.0. The lowest BCUT2D eigenvalue weighted by Gasteiger charge is -2.30. The first-order valence-corrected chi connectivity index (χ1v) is 8.45. The number of amides is 1. The summed E-state index contributed by atoms with van der Waals surface area (Å²) in [5.74, 6) is 1.18. The SMILES string of the molecule is CO[C@@H]1COCC[C@H]1NC(=O)CSCc1ccccc1Cl. The standard InChI is InChI=1S/C15H20ClNO3S/c1-19-14-8-20-7-6-13(14)17-15(18)10-21-9-11-4-2-3-5-12(11)16/h2-5,13-14H,6-10H2,1H3,(H,17,18)/t13-,14-/m1/s1. The summed E-state index contributed by atoms with van der Waals surface area (Å²) in [5, 5.41) is 3.77. The molecule has 1 N–H and O–H groups in total. The molecule has 1 aliphatic rings. The van der Waals surface area contributed by atoms with Crippen LogP contribution >= 0.6 is 23.4 Å². The number of nitrogens with one attached hydrogen (secondary N) is 1. The van der Waals surface area contributed by atoms with Gasteiger partial charge < -0.3 is 14.8 Å². The minimum atomic E-state index is -0.0590. The van der Waals surface area contributed by atoms with Gasteiger partial charge in [0, 0.05) is 24.5 Å². The molecule has 1 aromatic carbocycles. The second kappa shape index (κ2) is 8.63. The van der Waals surface area contributed by atoms with Crippen molar-refractivity contribution in [3.05, 3.63) is 34.9 Å². The zero-order valence-corrected chi connectivity index (χ0v) is 13.6. The molecule has 0 spiro atoms. The predicted molar refractivity (Wildman–Crippen MR) is 85.8 cm³/mol. The third-order valence-electron chi connectivity index (χ3n) is 3.40. The Morgan fingerprint density at radius 1 is 1.52 bits per heavy atom. The van der Waals surface area contributed by atoms with E-state index in [1.807, 2.05) is 24.3 Å². The Morgan fingerprint density at radius 2 is 2.33 bits per heavy atom. The molecule has 0 bridgehead atoms. The second-order valence-electron chi connectivity index (χ2n) is 4.90. The van der Waals surface area contributed by atoms with Crippen LogP contribution in [-0.2, 0) is 20.0 Å². The van der Waals surface area contributed by atoms with Crippen molar-refractivity contribution in [3.63, 3.8) is 0 Å². The van der Waals surface area contributed by atoms with Crippen LogP contribution in [0.3, 0.4) is 0 Å². The van der Waals surface area contributed by atoms with E-state index < -0.39 is 0 Å². The monoisotopic (exact) mass is 329 g/mol. The highest BCUT2D eigenvalue weighted by atomic mass is 35.5. The molecule has 6 heteroatoms. The van der Waals surface area contributed by atoms with Crippen molar-refractivity contribution in [3.8, 4) is 0 Å². The summed E-state index contributed by atoms with van der Waals surface area (Å²) in [4.78, 5) is 12.0. The number of methoxy groups -OCH3 is 1. The van der Waals surface area contributed by atoms with Crippen LogP contribution in [0.25, 0.3) is 0 Å². The minimum Gasteiger partial charge on any atom is -0.379 e. The lowest BCUT2D eigenvalue weighted by molar-refractivity contribution is -0.122. The van der Waals surface area contributed by atoms with E-state index in [-0.39, 0.29) is 18.1 Å². The fourth-order valence-electron chi connectivity index (χ4n) is 2.23. The summed E-state index contributed by atoms with van der Waals surface area (Å²) in [6.45, 7) is 1.20. The number of halogens is 1. The molecule has 0 aromatic heterocycles. The van der Waals surface area contributed by atoms with E-state index in [1.54, 1.807) is 18.9 Å². The van der Waals surface area contributed by atoms with Crippen molar-refractivity contribution < 1.29 is 14.3 Å². The maximum Gasteiger partial charge on any atom is 0.230 e. The van der Waals surface area contributed by atoms with Crippen LogP contribution in [0.4, 0.5) is 0 Å². The first-order chi connectivity index (χ1) is 10.2. The van der Waals surface area contributed by atoms with E-state index in [4.69, 9.17) is 21.1 Å². The van der Waals surface area contributed by atoms with Gasteiger partial charge in [-0.3, -0.25) is 4.79 Å². The molecular weight excluding hydrogens is 310 g/mol. The number of carbonyl (C=O) groups excluding carboxylic acids is 1. The maximum absolute atomic E-state index is 12.0. The van der Waals surface area contributed by atoms with Crippen LogP contribution < -0.4 is 5.32 Å². The van der Waals surface area contributed by atoms with Gasteiger partial charge in [0.1, 0.15) is 6.10 Å². The highest BCUT2D eigenvalue weighted by molar-refractivity contribution is 7.99. The van der Waals surface area contributed by atoms with Gasteiger partial charge in [0.25, 0.3) is 0 Å². The summed E-state index contributed by atoms with van der Waals surface area (Å²) < 4.78 is 10.7. The van der Waals surface area contributed by atoms with Crippen LogP contribution in [0.5, 0.6) is 0 Å². The average molecular weight is 330 g/mol. The van der Waals surface area contributed by atoms with E-state index in [9.17, 15) is 4.79 Å². The number of ether oxygens (including phenoxy) is 2. The van der Waals surface area contributed by atoms with Gasteiger partial charge in [-0.25, -0.2) is 0 Å². The van der Waals surface area contributed by atoms with E-state index in [2.05, 4.69) is 5.32 Å². The summed E-state index contributed by atoms with van der Waals surface area (Å²) in [6.07, 6.45) is 0.732.